The maximum absolute atomic E-state index is 10.8. The monoisotopic (exact) mass is 223 g/mol. The first-order valence-electron chi connectivity index (χ1n) is 5.74. The molecule has 4 nitrogen and oxygen atoms in total. The molecule has 1 aliphatic rings. The number of nitrogens with zero attached hydrogens (tertiary/aromatic N) is 1. The van der Waals surface area contributed by atoms with Gasteiger partial charge in [0.1, 0.15) is 5.76 Å². The Labute approximate surface area is 94.7 Å². The SMILES string of the molecule is Cc1nc(C2CCC(C(=O)O)CC2)oc1C. The molecule has 1 saturated carbocycles. The van der Waals surface area contributed by atoms with Crippen LogP contribution in [0, 0.1) is 19.8 Å². The summed E-state index contributed by atoms with van der Waals surface area (Å²) in [7, 11) is 0. The van der Waals surface area contributed by atoms with Gasteiger partial charge in [-0.2, -0.15) is 0 Å². The van der Waals surface area contributed by atoms with Crippen LogP contribution < -0.4 is 0 Å². The molecule has 0 spiro atoms. The lowest BCUT2D eigenvalue weighted by atomic mass is 9.82. The van der Waals surface area contributed by atoms with Crippen LogP contribution in [0.3, 0.4) is 0 Å². The lowest BCUT2D eigenvalue weighted by Gasteiger charge is -2.23. The van der Waals surface area contributed by atoms with Crippen molar-refractivity contribution in [1.82, 2.24) is 4.98 Å². The predicted octanol–water partition coefficient (Wildman–Crippen LogP) is 2.65. The minimum absolute atomic E-state index is 0.173. The van der Waals surface area contributed by atoms with Crippen LogP contribution in [-0.4, -0.2) is 16.1 Å². The molecule has 0 aromatic carbocycles. The molecule has 2 rings (SSSR count). The number of hydrogen-bond acceptors (Lipinski definition) is 3. The van der Waals surface area contributed by atoms with E-state index >= 15 is 0 Å². The predicted molar refractivity (Wildman–Crippen MR) is 58.3 cm³/mol. The molecule has 0 saturated heterocycles. The van der Waals surface area contributed by atoms with E-state index in [0.717, 1.165) is 43.0 Å². The molecule has 4 heteroatoms. The molecule has 1 heterocycles. The highest BCUT2D eigenvalue weighted by atomic mass is 16.4. The lowest BCUT2D eigenvalue weighted by molar-refractivity contribution is -0.142. The summed E-state index contributed by atoms with van der Waals surface area (Å²) in [5.41, 5.74) is 0.940. The summed E-state index contributed by atoms with van der Waals surface area (Å²) in [5.74, 6) is 1.13. The molecular formula is C12H17NO3. The Balaban J connectivity index is 2.01. The highest BCUT2D eigenvalue weighted by molar-refractivity contribution is 5.70. The molecule has 0 amide bonds. The van der Waals surface area contributed by atoms with E-state index in [-0.39, 0.29) is 5.92 Å². The highest BCUT2D eigenvalue weighted by Gasteiger charge is 2.29. The summed E-state index contributed by atoms with van der Waals surface area (Å²) < 4.78 is 5.59. The van der Waals surface area contributed by atoms with Gasteiger partial charge in [-0.15, -0.1) is 0 Å². The van der Waals surface area contributed by atoms with Crippen LogP contribution >= 0.6 is 0 Å². The smallest absolute Gasteiger partial charge is 0.306 e. The van der Waals surface area contributed by atoms with Gasteiger partial charge in [0.25, 0.3) is 0 Å². The van der Waals surface area contributed by atoms with Crippen LogP contribution in [0.15, 0.2) is 4.42 Å². The van der Waals surface area contributed by atoms with Crippen LogP contribution in [0.2, 0.25) is 0 Å². The normalized spacial score (nSPS) is 25.6. The van der Waals surface area contributed by atoms with Gasteiger partial charge in [-0.05, 0) is 39.5 Å². The van der Waals surface area contributed by atoms with E-state index in [2.05, 4.69) is 4.98 Å². The molecule has 1 N–H and O–H groups in total. The summed E-state index contributed by atoms with van der Waals surface area (Å²) in [6.45, 7) is 3.85. The third-order valence-electron chi connectivity index (χ3n) is 3.47. The molecule has 0 bridgehead atoms. The molecule has 1 aliphatic carbocycles. The molecule has 0 atom stereocenters. The topological polar surface area (TPSA) is 63.3 Å². The van der Waals surface area contributed by atoms with Crippen molar-refractivity contribution in [2.45, 2.75) is 45.4 Å². The van der Waals surface area contributed by atoms with Crippen molar-refractivity contribution in [2.24, 2.45) is 5.92 Å². The molecule has 0 radical (unpaired) electrons. The molecule has 1 fully saturated rings. The molecule has 16 heavy (non-hydrogen) atoms. The van der Waals surface area contributed by atoms with Gasteiger partial charge in [0.05, 0.1) is 11.6 Å². The first-order valence-corrected chi connectivity index (χ1v) is 5.74. The van der Waals surface area contributed by atoms with Crippen molar-refractivity contribution in [1.29, 1.82) is 0 Å². The zero-order chi connectivity index (χ0) is 11.7. The second-order valence-corrected chi connectivity index (χ2v) is 4.58. The summed E-state index contributed by atoms with van der Waals surface area (Å²) in [4.78, 5) is 15.2. The number of oxazole rings is 1. The third kappa shape index (κ3) is 2.10. The van der Waals surface area contributed by atoms with Crippen molar-refractivity contribution in [3.63, 3.8) is 0 Å². The van der Waals surface area contributed by atoms with E-state index in [0.29, 0.717) is 5.92 Å². The number of carboxylic acids is 1. The molecule has 0 aliphatic heterocycles. The van der Waals surface area contributed by atoms with Crippen LogP contribution in [0.25, 0.3) is 0 Å². The number of carbonyl (C=O) groups is 1. The second-order valence-electron chi connectivity index (χ2n) is 4.58. The fourth-order valence-corrected chi connectivity index (χ4v) is 2.26. The first-order chi connectivity index (χ1) is 7.58. The minimum atomic E-state index is -0.668. The van der Waals surface area contributed by atoms with Crippen LogP contribution in [-0.2, 0) is 4.79 Å². The fraction of sp³-hybridized carbons (Fsp3) is 0.667. The van der Waals surface area contributed by atoms with Crippen molar-refractivity contribution in [3.05, 3.63) is 17.3 Å². The van der Waals surface area contributed by atoms with E-state index in [1.165, 1.54) is 0 Å². The maximum Gasteiger partial charge on any atom is 0.306 e. The van der Waals surface area contributed by atoms with Gasteiger partial charge in [0, 0.05) is 5.92 Å². The fourth-order valence-electron chi connectivity index (χ4n) is 2.26. The number of carboxylic acid groups (broad SMARTS) is 1. The Kier molecular flexibility index (Phi) is 2.99. The summed E-state index contributed by atoms with van der Waals surface area (Å²) in [6.07, 6.45) is 3.22. The van der Waals surface area contributed by atoms with Gasteiger partial charge in [-0.25, -0.2) is 4.98 Å². The molecular weight excluding hydrogens is 206 g/mol. The number of aliphatic carboxylic acids is 1. The quantitative estimate of drug-likeness (QED) is 0.837. The second kappa shape index (κ2) is 4.28. The van der Waals surface area contributed by atoms with Crippen molar-refractivity contribution < 1.29 is 14.3 Å². The van der Waals surface area contributed by atoms with Crippen LogP contribution in [0.1, 0.15) is 48.9 Å². The third-order valence-corrected chi connectivity index (χ3v) is 3.47. The molecule has 1 aromatic heterocycles. The van der Waals surface area contributed by atoms with Gasteiger partial charge in [0.15, 0.2) is 5.89 Å². The molecule has 0 unspecified atom stereocenters. The largest absolute Gasteiger partial charge is 0.481 e. The maximum atomic E-state index is 10.8. The molecule has 1 aromatic rings. The van der Waals surface area contributed by atoms with Crippen molar-refractivity contribution in [2.75, 3.05) is 0 Å². The number of aryl methyl sites for hydroxylation is 2. The van der Waals surface area contributed by atoms with E-state index < -0.39 is 5.97 Å². The van der Waals surface area contributed by atoms with Crippen molar-refractivity contribution >= 4 is 5.97 Å². The van der Waals surface area contributed by atoms with Crippen LogP contribution in [0.5, 0.6) is 0 Å². The van der Waals surface area contributed by atoms with E-state index in [9.17, 15) is 4.79 Å². The summed E-state index contributed by atoms with van der Waals surface area (Å²) in [6, 6.07) is 0. The Morgan fingerprint density at radius 3 is 2.38 bits per heavy atom. The average Bonchev–Trinajstić information content (AvgIpc) is 2.59. The Bertz CT molecular complexity index is 369. The number of hydrogen-bond donors (Lipinski definition) is 1. The van der Waals surface area contributed by atoms with Crippen LogP contribution in [0.4, 0.5) is 0 Å². The zero-order valence-corrected chi connectivity index (χ0v) is 9.69. The summed E-state index contributed by atoms with van der Waals surface area (Å²) >= 11 is 0. The first kappa shape index (κ1) is 11.2. The highest BCUT2D eigenvalue weighted by Crippen LogP contribution is 2.35. The Hall–Kier alpha value is -1.32. The van der Waals surface area contributed by atoms with Crippen molar-refractivity contribution in [3.8, 4) is 0 Å². The summed E-state index contributed by atoms with van der Waals surface area (Å²) in [5, 5.41) is 8.90. The number of rotatable bonds is 2. The van der Waals surface area contributed by atoms with E-state index in [4.69, 9.17) is 9.52 Å². The zero-order valence-electron chi connectivity index (χ0n) is 9.69. The number of aromatic nitrogens is 1. The van der Waals surface area contributed by atoms with Gasteiger partial charge in [0.2, 0.25) is 0 Å². The van der Waals surface area contributed by atoms with E-state index in [1.54, 1.807) is 0 Å². The van der Waals surface area contributed by atoms with Gasteiger partial charge in [-0.1, -0.05) is 0 Å². The minimum Gasteiger partial charge on any atom is -0.481 e. The van der Waals surface area contributed by atoms with Gasteiger partial charge >= 0.3 is 5.97 Å². The average molecular weight is 223 g/mol. The Morgan fingerprint density at radius 2 is 1.94 bits per heavy atom. The molecule has 88 valence electrons. The lowest BCUT2D eigenvalue weighted by Crippen LogP contribution is -2.20. The standard InChI is InChI=1S/C12H17NO3/c1-7-8(2)16-11(13-7)9-3-5-10(6-4-9)12(14)15/h9-10H,3-6H2,1-2H3,(H,14,15). The Morgan fingerprint density at radius 1 is 1.31 bits per heavy atom. The van der Waals surface area contributed by atoms with E-state index in [1.807, 2.05) is 13.8 Å². The van der Waals surface area contributed by atoms with Gasteiger partial charge < -0.3 is 9.52 Å². The van der Waals surface area contributed by atoms with Gasteiger partial charge in [-0.3, -0.25) is 4.79 Å².